The highest BCUT2D eigenvalue weighted by Gasteiger charge is 2.28. The number of amides is 2. The van der Waals surface area contributed by atoms with E-state index in [1.54, 1.807) is 19.2 Å². The van der Waals surface area contributed by atoms with Crippen LogP contribution in [-0.4, -0.2) is 42.2 Å². The number of rotatable bonds is 4. The van der Waals surface area contributed by atoms with Gasteiger partial charge in [0.2, 0.25) is 15.9 Å². The maximum atomic E-state index is 12.9. The Morgan fingerprint density at radius 3 is 2.62 bits per heavy atom. The van der Waals surface area contributed by atoms with Crippen LogP contribution < -0.4 is 10.6 Å². The summed E-state index contributed by atoms with van der Waals surface area (Å²) in [7, 11) is -1.94. The molecule has 0 unspecified atom stereocenters. The predicted octanol–water partition coefficient (Wildman–Crippen LogP) is 2.34. The number of benzene rings is 1. The van der Waals surface area contributed by atoms with Gasteiger partial charge in [-0.3, -0.25) is 9.59 Å². The minimum atomic E-state index is -3.60. The Morgan fingerprint density at radius 2 is 1.86 bits per heavy atom. The molecule has 2 aliphatic heterocycles. The quantitative estimate of drug-likeness (QED) is 0.799. The zero-order valence-electron chi connectivity index (χ0n) is 16.3. The van der Waals surface area contributed by atoms with E-state index in [0.29, 0.717) is 31.6 Å². The monoisotopic (exact) mass is 416 g/mol. The van der Waals surface area contributed by atoms with Crippen molar-refractivity contribution in [3.63, 3.8) is 0 Å². The van der Waals surface area contributed by atoms with Gasteiger partial charge in [0, 0.05) is 44.1 Å². The van der Waals surface area contributed by atoms with Gasteiger partial charge < -0.3 is 15.2 Å². The van der Waals surface area contributed by atoms with E-state index in [2.05, 4.69) is 10.6 Å². The third kappa shape index (κ3) is 3.92. The van der Waals surface area contributed by atoms with E-state index in [-0.39, 0.29) is 22.4 Å². The van der Waals surface area contributed by atoms with Gasteiger partial charge in [-0.2, -0.15) is 4.31 Å². The molecule has 1 saturated heterocycles. The number of fused-ring (bicyclic) bond motifs is 1. The molecule has 0 radical (unpaired) electrons. The third-order valence-corrected chi connectivity index (χ3v) is 7.29. The lowest BCUT2D eigenvalue weighted by molar-refractivity contribution is -0.116. The molecule has 0 spiro atoms. The van der Waals surface area contributed by atoms with Crippen LogP contribution in [0.2, 0.25) is 0 Å². The Hall–Kier alpha value is -2.65. The molecule has 1 aromatic carbocycles. The van der Waals surface area contributed by atoms with Crippen LogP contribution in [0.5, 0.6) is 0 Å². The van der Waals surface area contributed by atoms with Gasteiger partial charge in [0.25, 0.3) is 5.91 Å². The highest BCUT2D eigenvalue weighted by atomic mass is 32.2. The second kappa shape index (κ2) is 7.64. The lowest BCUT2D eigenvalue weighted by atomic mass is 10.0. The highest BCUT2D eigenvalue weighted by molar-refractivity contribution is 7.89. The first kappa shape index (κ1) is 19.7. The molecular weight excluding hydrogens is 392 g/mol. The zero-order chi connectivity index (χ0) is 20.6. The number of carbonyl (C=O) groups is 2. The number of nitrogens with zero attached hydrogens (tertiary/aromatic N) is 2. The fourth-order valence-corrected chi connectivity index (χ4v) is 5.40. The average Bonchev–Trinajstić information content (AvgIpc) is 3.11. The molecule has 9 heteroatoms. The number of aryl methyl sites for hydroxylation is 2. The normalized spacial score (nSPS) is 17.5. The number of nitrogens with one attached hydrogen (secondary N) is 2. The summed E-state index contributed by atoms with van der Waals surface area (Å²) < 4.78 is 28.8. The van der Waals surface area contributed by atoms with Crippen LogP contribution in [0.3, 0.4) is 0 Å². The molecule has 1 fully saturated rings. The van der Waals surface area contributed by atoms with E-state index in [1.807, 2.05) is 6.07 Å². The second-order valence-electron chi connectivity index (χ2n) is 7.51. The van der Waals surface area contributed by atoms with Crippen LogP contribution in [0, 0.1) is 0 Å². The summed E-state index contributed by atoms with van der Waals surface area (Å²) in [6.45, 7) is 1.04. The summed E-state index contributed by atoms with van der Waals surface area (Å²) in [5.41, 5.74) is 2.59. The second-order valence-corrected chi connectivity index (χ2v) is 9.45. The fourth-order valence-electron chi connectivity index (χ4n) is 3.81. The lowest BCUT2D eigenvalue weighted by Gasteiger charge is -2.25. The number of aromatic nitrogens is 1. The Balaban J connectivity index is 1.53. The molecule has 0 atom stereocenters. The molecule has 0 saturated carbocycles. The van der Waals surface area contributed by atoms with Crippen LogP contribution in [0.4, 0.5) is 11.4 Å². The molecule has 154 valence electrons. The molecule has 2 N–H and O–H groups in total. The molecule has 4 rings (SSSR count). The summed E-state index contributed by atoms with van der Waals surface area (Å²) in [5, 5.41) is 5.63. The van der Waals surface area contributed by atoms with Crippen molar-refractivity contribution in [2.75, 3.05) is 23.7 Å². The van der Waals surface area contributed by atoms with Crippen LogP contribution >= 0.6 is 0 Å². The maximum Gasteiger partial charge on any atom is 0.272 e. The Kier molecular flexibility index (Phi) is 5.18. The fraction of sp³-hybridized carbons (Fsp3) is 0.400. The van der Waals surface area contributed by atoms with E-state index in [9.17, 15) is 18.0 Å². The van der Waals surface area contributed by atoms with Crippen molar-refractivity contribution in [2.24, 2.45) is 7.05 Å². The van der Waals surface area contributed by atoms with Gasteiger partial charge in [-0.1, -0.05) is 6.42 Å². The van der Waals surface area contributed by atoms with Crippen molar-refractivity contribution >= 4 is 33.2 Å². The lowest BCUT2D eigenvalue weighted by Crippen LogP contribution is -2.35. The SMILES string of the molecule is Cn1cc(S(=O)(=O)N2CCCCC2)cc1C(=O)Nc1ccc2c(c1)CCC(=O)N2. The first-order valence-corrected chi connectivity index (χ1v) is 11.2. The van der Waals surface area contributed by atoms with Crippen molar-refractivity contribution in [3.8, 4) is 0 Å². The third-order valence-electron chi connectivity index (χ3n) is 5.42. The summed E-state index contributed by atoms with van der Waals surface area (Å²) in [5.74, 6) is -0.395. The van der Waals surface area contributed by atoms with Gasteiger partial charge in [0.1, 0.15) is 10.6 Å². The summed E-state index contributed by atoms with van der Waals surface area (Å²) >= 11 is 0. The van der Waals surface area contributed by atoms with Crippen molar-refractivity contribution in [2.45, 2.75) is 37.0 Å². The van der Waals surface area contributed by atoms with Gasteiger partial charge in [-0.05, 0) is 49.1 Å². The zero-order valence-corrected chi connectivity index (χ0v) is 17.1. The molecule has 29 heavy (non-hydrogen) atoms. The molecule has 3 heterocycles. The highest BCUT2D eigenvalue weighted by Crippen LogP contribution is 2.27. The minimum Gasteiger partial charge on any atom is -0.345 e. The van der Waals surface area contributed by atoms with Gasteiger partial charge in [0.15, 0.2) is 0 Å². The van der Waals surface area contributed by atoms with Crippen LogP contribution in [-0.2, 0) is 28.3 Å². The Labute approximate surface area is 169 Å². The molecule has 2 aliphatic rings. The Bertz CT molecular complexity index is 1070. The van der Waals surface area contributed by atoms with E-state index >= 15 is 0 Å². The van der Waals surface area contributed by atoms with Gasteiger partial charge >= 0.3 is 0 Å². The predicted molar refractivity (Wildman–Crippen MR) is 109 cm³/mol. The largest absolute Gasteiger partial charge is 0.345 e. The number of piperidine rings is 1. The van der Waals surface area contributed by atoms with Gasteiger partial charge in [0.05, 0.1) is 0 Å². The topological polar surface area (TPSA) is 101 Å². The summed E-state index contributed by atoms with van der Waals surface area (Å²) in [6, 6.07) is 6.74. The van der Waals surface area contributed by atoms with Crippen LogP contribution in [0.15, 0.2) is 35.4 Å². The molecule has 2 aromatic rings. The van der Waals surface area contributed by atoms with Gasteiger partial charge in [-0.15, -0.1) is 0 Å². The average molecular weight is 417 g/mol. The minimum absolute atomic E-state index is 0.0134. The summed E-state index contributed by atoms with van der Waals surface area (Å²) in [6.07, 6.45) is 5.28. The standard InChI is InChI=1S/C20H24N4O4S/c1-23-13-16(29(27,28)24-9-3-2-4-10-24)12-18(23)20(26)21-15-6-7-17-14(11-15)5-8-19(25)22-17/h6-7,11-13H,2-5,8-10H2,1H3,(H,21,26)(H,22,25). The first-order valence-electron chi connectivity index (χ1n) is 9.75. The first-order chi connectivity index (χ1) is 13.8. The molecule has 2 amide bonds. The number of carbonyl (C=O) groups excluding carboxylic acids is 2. The van der Waals surface area contributed by atoms with Gasteiger partial charge in [-0.25, -0.2) is 8.42 Å². The Morgan fingerprint density at radius 1 is 1.10 bits per heavy atom. The molecule has 1 aromatic heterocycles. The van der Waals surface area contributed by atoms with E-state index in [1.165, 1.54) is 21.1 Å². The van der Waals surface area contributed by atoms with Crippen molar-refractivity contribution in [3.05, 3.63) is 41.7 Å². The molecule has 8 nitrogen and oxygen atoms in total. The van der Waals surface area contributed by atoms with E-state index in [4.69, 9.17) is 0 Å². The van der Waals surface area contributed by atoms with E-state index in [0.717, 1.165) is 30.5 Å². The number of anilines is 2. The molecular formula is C20H24N4O4S. The van der Waals surface area contributed by atoms with Crippen molar-refractivity contribution in [1.82, 2.24) is 8.87 Å². The molecule has 0 bridgehead atoms. The van der Waals surface area contributed by atoms with Crippen molar-refractivity contribution in [1.29, 1.82) is 0 Å². The summed E-state index contributed by atoms with van der Waals surface area (Å²) in [4.78, 5) is 24.4. The van der Waals surface area contributed by atoms with Crippen LogP contribution in [0.1, 0.15) is 41.7 Å². The number of hydrogen-bond acceptors (Lipinski definition) is 4. The van der Waals surface area contributed by atoms with Crippen molar-refractivity contribution < 1.29 is 18.0 Å². The van der Waals surface area contributed by atoms with Crippen LogP contribution in [0.25, 0.3) is 0 Å². The molecule has 0 aliphatic carbocycles. The van der Waals surface area contributed by atoms with E-state index < -0.39 is 10.0 Å². The maximum absolute atomic E-state index is 12.9. The smallest absolute Gasteiger partial charge is 0.272 e. The number of hydrogen-bond donors (Lipinski definition) is 2. The number of sulfonamides is 1.